The van der Waals surface area contributed by atoms with Gasteiger partial charge in [-0.15, -0.1) is 0 Å². The molecule has 128 valence electrons. The number of pyridine rings is 1. The summed E-state index contributed by atoms with van der Waals surface area (Å²) in [5.41, 5.74) is 2.76. The molecule has 2 aromatic heterocycles. The Morgan fingerprint density at radius 3 is 1.92 bits per heavy atom. The number of hydrogen-bond acceptors (Lipinski definition) is 5. The van der Waals surface area contributed by atoms with Gasteiger partial charge in [0.25, 0.3) is 0 Å². The second kappa shape index (κ2) is 6.80. The van der Waals surface area contributed by atoms with Crippen molar-refractivity contribution in [3.05, 3.63) is 79.0 Å². The Morgan fingerprint density at radius 2 is 1.27 bits per heavy atom. The molecule has 2 aromatic carbocycles. The number of nitrogens with zero attached hydrogens (tertiary/aromatic N) is 5. The van der Waals surface area contributed by atoms with E-state index in [2.05, 4.69) is 27.0 Å². The van der Waals surface area contributed by atoms with E-state index in [1.54, 1.807) is 6.20 Å². The van der Waals surface area contributed by atoms with Crippen molar-refractivity contribution in [2.24, 2.45) is 0 Å². The standard InChI is InChI=1S/C21H19N5/c1-25(16-10-5-3-6-11-16)20-18-14-9-15-22-19(18)23-21(24-20)26(2)17-12-7-4-8-13-17/h3-15H,1-2H3. The maximum Gasteiger partial charge on any atom is 0.233 e. The molecule has 0 aliphatic heterocycles. The molecule has 26 heavy (non-hydrogen) atoms. The van der Waals surface area contributed by atoms with E-state index in [9.17, 15) is 0 Å². The Bertz CT molecular complexity index is 1020. The largest absolute Gasteiger partial charge is 0.329 e. The highest BCUT2D eigenvalue weighted by atomic mass is 15.3. The number of para-hydroxylation sites is 2. The molecule has 0 spiro atoms. The van der Waals surface area contributed by atoms with Crippen LogP contribution in [0.4, 0.5) is 23.1 Å². The van der Waals surface area contributed by atoms with Crippen LogP contribution in [0.25, 0.3) is 11.0 Å². The molecule has 4 aromatic rings. The van der Waals surface area contributed by atoms with E-state index in [4.69, 9.17) is 4.98 Å². The Kier molecular flexibility index (Phi) is 4.19. The van der Waals surface area contributed by atoms with Gasteiger partial charge in [-0.3, -0.25) is 0 Å². The lowest BCUT2D eigenvalue weighted by molar-refractivity contribution is 1.03. The Labute approximate surface area is 152 Å². The maximum absolute atomic E-state index is 4.85. The van der Waals surface area contributed by atoms with Crippen LogP contribution >= 0.6 is 0 Å². The van der Waals surface area contributed by atoms with Crippen molar-refractivity contribution in [1.29, 1.82) is 0 Å². The summed E-state index contributed by atoms with van der Waals surface area (Å²) in [4.78, 5) is 18.0. The minimum Gasteiger partial charge on any atom is -0.329 e. The molecule has 0 aliphatic rings. The number of hydrogen-bond donors (Lipinski definition) is 0. The molecule has 0 radical (unpaired) electrons. The van der Waals surface area contributed by atoms with Gasteiger partial charge in [0.1, 0.15) is 5.82 Å². The average Bonchev–Trinajstić information content (AvgIpc) is 2.73. The van der Waals surface area contributed by atoms with E-state index in [1.165, 1.54) is 0 Å². The highest BCUT2D eigenvalue weighted by Crippen LogP contribution is 2.31. The minimum absolute atomic E-state index is 0.611. The fourth-order valence-electron chi connectivity index (χ4n) is 2.88. The van der Waals surface area contributed by atoms with Crippen LogP contribution in [0.3, 0.4) is 0 Å². The number of benzene rings is 2. The van der Waals surface area contributed by atoms with Crippen molar-refractivity contribution in [3.63, 3.8) is 0 Å². The van der Waals surface area contributed by atoms with E-state index >= 15 is 0 Å². The monoisotopic (exact) mass is 341 g/mol. The highest BCUT2D eigenvalue weighted by molar-refractivity contribution is 5.90. The summed E-state index contributed by atoms with van der Waals surface area (Å²) in [5, 5.41) is 0.920. The first-order valence-corrected chi connectivity index (χ1v) is 8.44. The van der Waals surface area contributed by atoms with Crippen molar-refractivity contribution in [2.75, 3.05) is 23.9 Å². The van der Waals surface area contributed by atoms with Crippen molar-refractivity contribution in [3.8, 4) is 0 Å². The summed E-state index contributed by atoms with van der Waals surface area (Å²) in [6.45, 7) is 0. The van der Waals surface area contributed by atoms with Gasteiger partial charge in [-0.1, -0.05) is 36.4 Å². The smallest absolute Gasteiger partial charge is 0.233 e. The van der Waals surface area contributed by atoms with Gasteiger partial charge in [-0.25, -0.2) is 4.98 Å². The summed E-state index contributed by atoms with van der Waals surface area (Å²) in [6.07, 6.45) is 1.76. The molecular weight excluding hydrogens is 322 g/mol. The molecule has 0 fully saturated rings. The van der Waals surface area contributed by atoms with Crippen molar-refractivity contribution in [1.82, 2.24) is 15.0 Å². The Balaban J connectivity index is 1.86. The van der Waals surface area contributed by atoms with Gasteiger partial charge in [-0.2, -0.15) is 9.97 Å². The highest BCUT2D eigenvalue weighted by Gasteiger charge is 2.16. The lowest BCUT2D eigenvalue weighted by Crippen LogP contribution is -2.17. The summed E-state index contributed by atoms with van der Waals surface area (Å²) in [6, 6.07) is 24.1. The van der Waals surface area contributed by atoms with Gasteiger partial charge in [0.15, 0.2) is 5.65 Å². The van der Waals surface area contributed by atoms with E-state index in [0.29, 0.717) is 11.6 Å². The fourth-order valence-corrected chi connectivity index (χ4v) is 2.88. The molecule has 4 rings (SSSR count). The third kappa shape index (κ3) is 2.95. The predicted molar refractivity (Wildman–Crippen MR) is 106 cm³/mol. The van der Waals surface area contributed by atoms with Crippen LogP contribution in [0.1, 0.15) is 0 Å². The molecule has 0 amide bonds. The van der Waals surface area contributed by atoms with Crippen LogP contribution in [0.15, 0.2) is 79.0 Å². The second-order valence-corrected chi connectivity index (χ2v) is 6.01. The Hall–Kier alpha value is -3.47. The van der Waals surface area contributed by atoms with Crippen LogP contribution < -0.4 is 9.80 Å². The van der Waals surface area contributed by atoms with Crippen LogP contribution in [-0.2, 0) is 0 Å². The molecule has 0 bridgehead atoms. The predicted octanol–water partition coefficient (Wildman–Crippen LogP) is 4.56. The number of rotatable bonds is 4. The SMILES string of the molecule is CN(c1ccccc1)c1nc(N(C)c2ccccc2)c2cccnc2n1. The van der Waals surface area contributed by atoms with Gasteiger partial charge in [0.2, 0.25) is 5.95 Å². The molecule has 0 N–H and O–H groups in total. The van der Waals surface area contributed by atoms with Gasteiger partial charge in [0, 0.05) is 31.7 Å². The summed E-state index contributed by atoms with van der Waals surface area (Å²) in [7, 11) is 3.97. The van der Waals surface area contributed by atoms with Gasteiger partial charge in [0.05, 0.1) is 5.39 Å². The zero-order valence-corrected chi connectivity index (χ0v) is 14.7. The summed E-state index contributed by atoms with van der Waals surface area (Å²) in [5.74, 6) is 1.44. The summed E-state index contributed by atoms with van der Waals surface area (Å²) >= 11 is 0. The van der Waals surface area contributed by atoms with E-state index < -0.39 is 0 Å². The van der Waals surface area contributed by atoms with Gasteiger partial charge >= 0.3 is 0 Å². The van der Waals surface area contributed by atoms with Gasteiger partial charge in [-0.05, 0) is 36.4 Å². The van der Waals surface area contributed by atoms with Gasteiger partial charge < -0.3 is 9.80 Å². The third-order valence-corrected chi connectivity index (χ3v) is 4.34. The quantitative estimate of drug-likeness (QED) is 0.544. The first kappa shape index (κ1) is 16.0. The maximum atomic E-state index is 4.85. The summed E-state index contributed by atoms with van der Waals surface area (Å²) < 4.78 is 0. The van der Waals surface area contributed by atoms with Crippen LogP contribution in [-0.4, -0.2) is 29.0 Å². The topological polar surface area (TPSA) is 45.2 Å². The first-order chi connectivity index (χ1) is 12.7. The van der Waals surface area contributed by atoms with Crippen LogP contribution in [0.2, 0.25) is 0 Å². The molecule has 5 heteroatoms. The van der Waals surface area contributed by atoms with Crippen molar-refractivity contribution >= 4 is 34.2 Å². The normalized spacial score (nSPS) is 10.7. The lowest BCUT2D eigenvalue weighted by Gasteiger charge is -2.23. The third-order valence-electron chi connectivity index (χ3n) is 4.34. The zero-order chi connectivity index (χ0) is 17.9. The minimum atomic E-state index is 0.611. The Morgan fingerprint density at radius 1 is 0.654 bits per heavy atom. The molecule has 0 atom stereocenters. The second-order valence-electron chi connectivity index (χ2n) is 6.01. The van der Waals surface area contributed by atoms with E-state index in [-0.39, 0.29) is 0 Å². The molecule has 0 saturated heterocycles. The van der Waals surface area contributed by atoms with E-state index in [1.807, 2.05) is 79.7 Å². The molecule has 0 saturated carbocycles. The first-order valence-electron chi connectivity index (χ1n) is 8.44. The molecule has 0 unspecified atom stereocenters. The van der Waals surface area contributed by atoms with Crippen molar-refractivity contribution in [2.45, 2.75) is 0 Å². The average molecular weight is 341 g/mol. The van der Waals surface area contributed by atoms with Crippen molar-refractivity contribution < 1.29 is 0 Å². The number of fused-ring (bicyclic) bond motifs is 1. The molecule has 5 nitrogen and oxygen atoms in total. The molecular formula is C21H19N5. The fraction of sp³-hybridized carbons (Fsp3) is 0.0952. The molecule has 0 aliphatic carbocycles. The van der Waals surface area contributed by atoms with Crippen LogP contribution in [0.5, 0.6) is 0 Å². The van der Waals surface area contributed by atoms with Crippen LogP contribution in [0, 0.1) is 0 Å². The number of aromatic nitrogens is 3. The number of anilines is 4. The zero-order valence-electron chi connectivity index (χ0n) is 14.7. The van der Waals surface area contributed by atoms with E-state index in [0.717, 1.165) is 22.6 Å². The molecule has 2 heterocycles. The lowest BCUT2D eigenvalue weighted by atomic mass is 10.2.